The Bertz CT molecular complexity index is 986. The van der Waals surface area contributed by atoms with Crippen molar-refractivity contribution in [2.24, 2.45) is 5.10 Å². The molecule has 1 amide bonds. The van der Waals surface area contributed by atoms with Crippen LogP contribution in [0.5, 0.6) is 0 Å². The van der Waals surface area contributed by atoms with E-state index in [0.29, 0.717) is 5.56 Å². The third kappa shape index (κ3) is 3.42. The van der Waals surface area contributed by atoms with Gasteiger partial charge in [-0.3, -0.25) is 4.79 Å². The second-order valence-corrected chi connectivity index (χ2v) is 6.01. The number of aromatic amines is 1. The molecule has 4 rings (SSSR count). The number of hydrazone groups is 1. The van der Waals surface area contributed by atoms with E-state index in [1.54, 1.807) is 18.3 Å². The van der Waals surface area contributed by atoms with Crippen LogP contribution in [0.15, 0.2) is 72.0 Å². The highest BCUT2D eigenvalue weighted by atomic mass is 16.2. The van der Waals surface area contributed by atoms with E-state index in [4.69, 9.17) is 0 Å². The maximum absolute atomic E-state index is 12.3. The van der Waals surface area contributed by atoms with Crippen LogP contribution < -0.4 is 10.7 Å². The molecule has 0 spiro atoms. The van der Waals surface area contributed by atoms with Crippen LogP contribution in [0.2, 0.25) is 0 Å². The standard InChI is InChI=1S/C21H18N4O/c26-21(25-23-14-16-13-22-20-11-5-10-19(16)20)15-6-4-9-18(12-15)24-17-7-2-1-3-8-17/h1-9,11-14,22,24H,10H2,(H,25,26)/b23-14+. The van der Waals surface area contributed by atoms with Gasteiger partial charge in [-0.05, 0) is 48.4 Å². The molecule has 1 heterocycles. The molecule has 0 bridgehead atoms. The number of para-hydroxylation sites is 1. The molecule has 128 valence electrons. The average molecular weight is 342 g/mol. The molecular formula is C21H18N4O. The van der Waals surface area contributed by atoms with Crippen molar-refractivity contribution >= 4 is 29.6 Å². The van der Waals surface area contributed by atoms with Gasteiger partial charge in [0.2, 0.25) is 0 Å². The lowest BCUT2D eigenvalue weighted by Gasteiger charge is -2.07. The van der Waals surface area contributed by atoms with Gasteiger partial charge in [-0.2, -0.15) is 5.10 Å². The van der Waals surface area contributed by atoms with Gasteiger partial charge in [0.1, 0.15) is 0 Å². The van der Waals surface area contributed by atoms with E-state index >= 15 is 0 Å². The van der Waals surface area contributed by atoms with Gasteiger partial charge in [0, 0.05) is 34.4 Å². The first-order valence-electron chi connectivity index (χ1n) is 8.42. The number of carbonyl (C=O) groups is 1. The maximum atomic E-state index is 12.3. The number of carbonyl (C=O) groups excluding carboxylic acids is 1. The van der Waals surface area contributed by atoms with Crippen molar-refractivity contribution < 1.29 is 4.79 Å². The summed E-state index contributed by atoms with van der Waals surface area (Å²) < 4.78 is 0. The lowest BCUT2D eigenvalue weighted by atomic mass is 10.1. The summed E-state index contributed by atoms with van der Waals surface area (Å²) in [6.45, 7) is 0. The van der Waals surface area contributed by atoms with Crippen LogP contribution in [0.25, 0.3) is 6.08 Å². The molecule has 1 aliphatic rings. The number of rotatable bonds is 5. The van der Waals surface area contributed by atoms with Crippen molar-refractivity contribution in [3.8, 4) is 0 Å². The molecule has 5 nitrogen and oxygen atoms in total. The number of anilines is 2. The Morgan fingerprint density at radius 2 is 1.92 bits per heavy atom. The Balaban J connectivity index is 1.41. The molecule has 0 radical (unpaired) electrons. The predicted molar refractivity (Wildman–Crippen MR) is 105 cm³/mol. The van der Waals surface area contributed by atoms with Gasteiger partial charge in [0.15, 0.2) is 0 Å². The smallest absolute Gasteiger partial charge is 0.271 e. The third-order valence-electron chi connectivity index (χ3n) is 4.22. The van der Waals surface area contributed by atoms with E-state index in [1.807, 2.05) is 48.7 Å². The zero-order valence-electron chi connectivity index (χ0n) is 14.1. The molecule has 1 aromatic heterocycles. The van der Waals surface area contributed by atoms with Crippen LogP contribution in [-0.2, 0) is 6.42 Å². The Kier molecular flexibility index (Phi) is 4.35. The lowest BCUT2D eigenvalue weighted by Crippen LogP contribution is -2.17. The summed E-state index contributed by atoms with van der Waals surface area (Å²) in [5.41, 5.74) is 8.26. The summed E-state index contributed by atoms with van der Waals surface area (Å²) in [5, 5.41) is 7.36. The molecule has 2 aromatic carbocycles. The van der Waals surface area contributed by atoms with Crippen LogP contribution in [0, 0.1) is 0 Å². The quantitative estimate of drug-likeness (QED) is 0.483. The Morgan fingerprint density at radius 3 is 2.81 bits per heavy atom. The molecule has 0 aliphatic heterocycles. The fraction of sp³-hybridized carbons (Fsp3) is 0.0476. The monoisotopic (exact) mass is 342 g/mol. The number of benzene rings is 2. The van der Waals surface area contributed by atoms with E-state index in [9.17, 15) is 4.79 Å². The molecule has 0 atom stereocenters. The highest BCUT2D eigenvalue weighted by molar-refractivity contribution is 5.96. The van der Waals surface area contributed by atoms with Crippen molar-refractivity contribution in [1.29, 1.82) is 0 Å². The van der Waals surface area contributed by atoms with Crippen LogP contribution >= 0.6 is 0 Å². The summed E-state index contributed by atoms with van der Waals surface area (Å²) in [6.07, 6.45) is 8.61. The number of hydrogen-bond acceptors (Lipinski definition) is 3. The molecule has 1 aliphatic carbocycles. The van der Waals surface area contributed by atoms with Crippen molar-refractivity contribution in [3.05, 3.63) is 89.3 Å². The molecule has 5 heteroatoms. The largest absolute Gasteiger partial charge is 0.361 e. The van der Waals surface area contributed by atoms with Crippen LogP contribution in [0.4, 0.5) is 11.4 Å². The number of allylic oxidation sites excluding steroid dienone is 1. The van der Waals surface area contributed by atoms with Crippen LogP contribution in [-0.4, -0.2) is 17.1 Å². The fourth-order valence-corrected chi connectivity index (χ4v) is 2.92. The van der Waals surface area contributed by atoms with Crippen molar-refractivity contribution in [3.63, 3.8) is 0 Å². The minimum absolute atomic E-state index is 0.247. The normalized spacial score (nSPS) is 12.3. The van der Waals surface area contributed by atoms with Gasteiger partial charge in [-0.15, -0.1) is 0 Å². The molecule has 26 heavy (non-hydrogen) atoms. The van der Waals surface area contributed by atoms with Crippen molar-refractivity contribution in [2.45, 2.75) is 6.42 Å². The first-order chi connectivity index (χ1) is 12.8. The molecule has 0 saturated carbocycles. The molecule has 3 aromatic rings. The summed E-state index contributed by atoms with van der Waals surface area (Å²) in [7, 11) is 0. The minimum Gasteiger partial charge on any atom is -0.361 e. The van der Waals surface area contributed by atoms with Gasteiger partial charge in [-0.1, -0.05) is 30.3 Å². The second-order valence-electron chi connectivity index (χ2n) is 6.01. The number of hydrogen-bond donors (Lipinski definition) is 3. The van der Waals surface area contributed by atoms with Crippen molar-refractivity contribution in [1.82, 2.24) is 10.4 Å². The van der Waals surface area contributed by atoms with Gasteiger partial charge >= 0.3 is 0 Å². The zero-order chi connectivity index (χ0) is 17.8. The molecule has 0 unspecified atom stereocenters. The zero-order valence-corrected chi connectivity index (χ0v) is 14.1. The van der Waals surface area contributed by atoms with E-state index in [2.05, 4.69) is 33.0 Å². The highest BCUT2D eigenvalue weighted by Gasteiger charge is 2.11. The van der Waals surface area contributed by atoms with Crippen molar-refractivity contribution in [2.75, 3.05) is 5.32 Å². The second kappa shape index (κ2) is 7.11. The molecule has 3 N–H and O–H groups in total. The highest BCUT2D eigenvalue weighted by Crippen LogP contribution is 2.21. The summed E-state index contributed by atoms with van der Waals surface area (Å²) in [6, 6.07) is 17.2. The Hall–Kier alpha value is -3.60. The van der Waals surface area contributed by atoms with Crippen LogP contribution in [0.3, 0.4) is 0 Å². The number of aromatic nitrogens is 1. The number of amides is 1. The molecular weight excluding hydrogens is 324 g/mol. The van der Waals surface area contributed by atoms with Gasteiger partial charge in [-0.25, -0.2) is 5.43 Å². The molecule has 0 fully saturated rings. The summed E-state index contributed by atoms with van der Waals surface area (Å²) in [5.74, 6) is -0.247. The number of nitrogens with zero attached hydrogens (tertiary/aromatic N) is 1. The SMILES string of the molecule is O=C(N/N=C/c1c[nH]c2c1CC=C2)c1cccc(Nc2ccccc2)c1. The topological polar surface area (TPSA) is 69.3 Å². The predicted octanol–water partition coefficient (Wildman–Crippen LogP) is 4.09. The maximum Gasteiger partial charge on any atom is 0.271 e. The van der Waals surface area contributed by atoms with E-state index in [-0.39, 0.29) is 5.91 Å². The first-order valence-corrected chi connectivity index (χ1v) is 8.42. The van der Waals surface area contributed by atoms with Gasteiger partial charge in [0.25, 0.3) is 5.91 Å². The molecule has 0 saturated heterocycles. The Morgan fingerprint density at radius 1 is 1.08 bits per heavy atom. The average Bonchev–Trinajstić information content (AvgIpc) is 3.27. The third-order valence-corrected chi connectivity index (χ3v) is 4.22. The number of nitrogens with one attached hydrogen (secondary N) is 3. The summed E-state index contributed by atoms with van der Waals surface area (Å²) in [4.78, 5) is 15.5. The van der Waals surface area contributed by atoms with Gasteiger partial charge in [0.05, 0.1) is 6.21 Å². The van der Waals surface area contributed by atoms with Gasteiger partial charge < -0.3 is 10.3 Å². The number of H-pyrrole nitrogens is 1. The number of fused-ring (bicyclic) bond motifs is 1. The minimum atomic E-state index is -0.247. The fourth-order valence-electron chi connectivity index (χ4n) is 2.92. The Labute approximate surface area is 151 Å². The van der Waals surface area contributed by atoms with Crippen LogP contribution in [0.1, 0.15) is 27.2 Å². The van der Waals surface area contributed by atoms with E-state index in [0.717, 1.165) is 29.1 Å². The first kappa shape index (κ1) is 15.9. The van der Waals surface area contributed by atoms with E-state index < -0.39 is 0 Å². The lowest BCUT2D eigenvalue weighted by molar-refractivity contribution is 0.0955. The van der Waals surface area contributed by atoms with E-state index in [1.165, 1.54) is 5.56 Å². The summed E-state index contributed by atoms with van der Waals surface area (Å²) >= 11 is 0.